The molecule has 36 heavy (non-hydrogen) atoms. The van der Waals surface area contributed by atoms with Crippen molar-refractivity contribution in [3.8, 4) is 11.5 Å². The second-order valence-corrected chi connectivity index (χ2v) is 9.08. The van der Waals surface area contributed by atoms with Crippen molar-refractivity contribution in [2.75, 3.05) is 32.2 Å². The summed E-state index contributed by atoms with van der Waals surface area (Å²) in [7, 11) is 2.96. The molecule has 0 aliphatic carbocycles. The van der Waals surface area contributed by atoms with Gasteiger partial charge in [-0.15, -0.1) is 0 Å². The minimum absolute atomic E-state index is 0.0591. The fourth-order valence-corrected chi connectivity index (χ4v) is 4.86. The summed E-state index contributed by atoms with van der Waals surface area (Å²) in [4.78, 5) is 12.1. The van der Waals surface area contributed by atoms with Gasteiger partial charge >= 0.3 is 0 Å². The van der Waals surface area contributed by atoms with E-state index in [9.17, 15) is 0 Å². The van der Waals surface area contributed by atoms with E-state index in [0.29, 0.717) is 35.6 Å². The van der Waals surface area contributed by atoms with Gasteiger partial charge in [0.1, 0.15) is 11.6 Å². The second kappa shape index (κ2) is 10.9. The molecule has 1 N–H and O–H groups in total. The molecule has 7 heteroatoms. The van der Waals surface area contributed by atoms with Gasteiger partial charge in [-0.25, -0.2) is 14.4 Å². The number of hydrogen-bond acceptors (Lipinski definition) is 6. The molecule has 5 rings (SSSR count). The molecule has 1 aromatic heterocycles. The van der Waals surface area contributed by atoms with Crippen LogP contribution < -0.4 is 19.7 Å². The van der Waals surface area contributed by atoms with Crippen molar-refractivity contribution in [3.05, 3.63) is 89.5 Å². The van der Waals surface area contributed by atoms with Crippen LogP contribution in [-0.2, 0) is 13.1 Å². The molecule has 0 bridgehead atoms. The van der Waals surface area contributed by atoms with Crippen LogP contribution in [0.1, 0.15) is 35.7 Å². The predicted octanol–water partition coefficient (Wildman–Crippen LogP) is 5.46. The van der Waals surface area contributed by atoms with E-state index in [-0.39, 0.29) is 11.7 Å². The molecule has 1 fully saturated rings. The number of benzene rings is 3. The normalized spacial score (nSPS) is 14.1. The largest absolute Gasteiger partial charge is 0.493 e. The van der Waals surface area contributed by atoms with Crippen molar-refractivity contribution in [2.24, 2.45) is 0 Å². The van der Waals surface area contributed by atoms with Crippen molar-refractivity contribution in [2.45, 2.75) is 31.8 Å². The molecule has 3 aromatic carbocycles. The average molecular weight is 487 g/mol. The Morgan fingerprint density at radius 1 is 0.889 bits per heavy atom. The van der Waals surface area contributed by atoms with E-state index in [1.807, 2.05) is 36.4 Å². The van der Waals surface area contributed by atoms with Crippen molar-refractivity contribution in [1.29, 1.82) is 0 Å². The van der Waals surface area contributed by atoms with E-state index in [4.69, 9.17) is 19.4 Å². The van der Waals surface area contributed by atoms with Gasteiger partial charge in [0.25, 0.3) is 0 Å². The Kier molecular flexibility index (Phi) is 7.28. The van der Waals surface area contributed by atoms with Gasteiger partial charge in [0.15, 0.2) is 17.3 Å². The molecule has 0 atom stereocenters. The molecule has 4 aromatic rings. The summed E-state index contributed by atoms with van der Waals surface area (Å²) < 4.78 is 26.9. The van der Waals surface area contributed by atoms with Gasteiger partial charge in [-0.05, 0) is 37.1 Å². The monoisotopic (exact) mass is 486 g/mol. The third-order valence-electron chi connectivity index (χ3n) is 6.71. The number of nitrogens with one attached hydrogen (secondary N) is 1. The predicted molar refractivity (Wildman–Crippen MR) is 140 cm³/mol. The topological polar surface area (TPSA) is 59.5 Å². The lowest BCUT2D eigenvalue weighted by molar-refractivity contribution is 0.339. The Bertz CT molecular complexity index is 1270. The minimum Gasteiger partial charge on any atom is -0.493 e. The van der Waals surface area contributed by atoms with Crippen molar-refractivity contribution >= 4 is 16.7 Å². The number of methoxy groups -OCH3 is 2. The maximum Gasteiger partial charge on any atom is 0.197 e. The van der Waals surface area contributed by atoms with Gasteiger partial charge in [0.2, 0.25) is 0 Å². The summed E-state index contributed by atoms with van der Waals surface area (Å²) in [5.74, 6) is 1.40. The Morgan fingerprint density at radius 3 is 2.06 bits per heavy atom. The summed E-state index contributed by atoms with van der Waals surface area (Å²) in [6.07, 6.45) is 1.89. The van der Waals surface area contributed by atoms with Crippen LogP contribution in [0.25, 0.3) is 10.9 Å². The van der Waals surface area contributed by atoms with Gasteiger partial charge in [0.05, 0.1) is 25.1 Å². The van der Waals surface area contributed by atoms with E-state index in [2.05, 4.69) is 34.5 Å². The fourth-order valence-electron chi connectivity index (χ4n) is 4.86. The number of halogens is 1. The van der Waals surface area contributed by atoms with Crippen LogP contribution in [0.5, 0.6) is 11.5 Å². The molecule has 1 saturated heterocycles. The highest BCUT2D eigenvalue weighted by molar-refractivity contribution is 5.93. The van der Waals surface area contributed by atoms with Crippen LogP contribution in [0.4, 0.5) is 10.2 Å². The van der Waals surface area contributed by atoms with E-state index < -0.39 is 5.82 Å². The van der Waals surface area contributed by atoms with E-state index in [1.54, 1.807) is 6.07 Å². The number of nitrogens with zero attached hydrogens (tertiary/aromatic N) is 3. The quantitative estimate of drug-likeness (QED) is 0.357. The first kappa shape index (κ1) is 24.0. The number of piperidine rings is 1. The fraction of sp³-hybridized carbons (Fsp3) is 0.310. The van der Waals surface area contributed by atoms with Crippen LogP contribution in [-0.4, -0.2) is 37.3 Å². The number of anilines is 1. The first-order chi connectivity index (χ1) is 17.7. The van der Waals surface area contributed by atoms with E-state index in [1.165, 1.54) is 14.2 Å². The first-order valence-corrected chi connectivity index (χ1v) is 12.3. The Labute approximate surface area is 211 Å². The van der Waals surface area contributed by atoms with Crippen molar-refractivity contribution in [1.82, 2.24) is 15.3 Å². The standard InChI is InChI=1S/C29H31FN4O2/c1-35-24-17-23-25(26(30)27(24)36-2)29(33-28(32-23)22-13-15-31-16-14-22)34(18-20-9-5-3-6-10-20)19-21-11-7-4-8-12-21/h3-12,17,22,31H,13-16,18-19H2,1-2H3. The molecule has 1 aliphatic rings. The molecule has 1 aliphatic heterocycles. The Morgan fingerprint density at radius 2 is 1.50 bits per heavy atom. The second-order valence-electron chi connectivity index (χ2n) is 9.08. The number of aromatic nitrogens is 2. The Hall–Kier alpha value is -3.71. The highest BCUT2D eigenvalue weighted by atomic mass is 19.1. The van der Waals surface area contributed by atoms with E-state index in [0.717, 1.165) is 42.9 Å². The van der Waals surface area contributed by atoms with E-state index >= 15 is 4.39 Å². The van der Waals surface area contributed by atoms with Gasteiger partial charge in [-0.3, -0.25) is 0 Å². The average Bonchev–Trinajstić information content (AvgIpc) is 2.93. The molecule has 0 unspecified atom stereocenters. The van der Waals surface area contributed by atoms with Crippen LogP contribution in [0.3, 0.4) is 0 Å². The lowest BCUT2D eigenvalue weighted by atomic mass is 9.97. The van der Waals surface area contributed by atoms with Crippen LogP contribution in [0, 0.1) is 5.82 Å². The zero-order chi connectivity index (χ0) is 24.9. The van der Waals surface area contributed by atoms with Gasteiger partial charge < -0.3 is 19.7 Å². The maximum absolute atomic E-state index is 16.1. The third kappa shape index (κ3) is 4.97. The zero-order valence-corrected chi connectivity index (χ0v) is 20.7. The Balaban J connectivity index is 1.72. The molecule has 0 saturated carbocycles. The third-order valence-corrected chi connectivity index (χ3v) is 6.71. The van der Waals surface area contributed by atoms with Gasteiger partial charge in [-0.2, -0.15) is 0 Å². The number of ether oxygens (including phenoxy) is 2. The molecule has 2 heterocycles. The summed E-state index contributed by atoms with van der Waals surface area (Å²) in [6.45, 7) is 2.97. The highest BCUT2D eigenvalue weighted by Gasteiger charge is 2.27. The van der Waals surface area contributed by atoms with Gasteiger partial charge in [0, 0.05) is 25.1 Å². The molecule has 6 nitrogen and oxygen atoms in total. The first-order valence-electron chi connectivity index (χ1n) is 12.3. The summed E-state index contributed by atoms with van der Waals surface area (Å²) in [5.41, 5.74) is 2.75. The minimum atomic E-state index is -0.509. The zero-order valence-electron chi connectivity index (χ0n) is 20.7. The lowest BCUT2D eigenvalue weighted by Crippen LogP contribution is -2.29. The summed E-state index contributed by atoms with van der Waals surface area (Å²) in [6, 6.07) is 22.1. The summed E-state index contributed by atoms with van der Waals surface area (Å²) in [5, 5.41) is 3.75. The van der Waals surface area contributed by atoms with Crippen LogP contribution in [0.2, 0.25) is 0 Å². The number of fused-ring (bicyclic) bond motifs is 1. The molecule has 0 spiro atoms. The number of hydrogen-bond donors (Lipinski definition) is 1. The molecular weight excluding hydrogens is 455 g/mol. The van der Waals surface area contributed by atoms with Gasteiger partial charge in [-0.1, -0.05) is 60.7 Å². The smallest absolute Gasteiger partial charge is 0.197 e. The lowest BCUT2D eigenvalue weighted by Gasteiger charge is -2.28. The highest BCUT2D eigenvalue weighted by Crippen LogP contribution is 2.40. The number of rotatable bonds is 8. The SMILES string of the molecule is COc1cc2nc(C3CCNCC3)nc(N(Cc3ccccc3)Cc3ccccc3)c2c(F)c1OC. The molecule has 0 radical (unpaired) electrons. The molecule has 0 amide bonds. The van der Waals surface area contributed by atoms with Crippen LogP contribution >= 0.6 is 0 Å². The van der Waals surface area contributed by atoms with Crippen molar-refractivity contribution < 1.29 is 13.9 Å². The molecular formula is C29H31FN4O2. The van der Waals surface area contributed by atoms with Crippen molar-refractivity contribution in [3.63, 3.8) is 0 Å². The molecule has 186 valence electrons. The maximum atomic E-state index is 16.1. The van der Waals surface area contributed by atoms with Crippen LogP contribution in [0.15, 0.2) is 66.7 Å². The summed E-state index contributed by atoms with van der Waals surface area (Å²) >= 11 is 0.